The van der Waals surface area contributed by atoms with Gasteiger partial charge in [-0.1, -0.05) is 60.7 Å². The van der Waals surface area contributed by atoms with E-state index in [0.29, 0.717) is 22.6 Å². The Hall–Kier alpha value is -4.39. The molecule has 2 heterocycles. The van der Waals surface area contributed by atoms with Gasteiger partial charge >= 0.3 is 0 Å². The number of benzene rings is 2. The molecule has 0 unspecified atom stereocenters. The van der Waals surface area contributed by atoms with Gasteiger partial charge in [-0.2, -0.15) is 0 Å². The lowest BCUT2D eigenvalue weighted by atomic mass is 9.81. The van der Waals surface area contributed by atoms with Crippen molar-refractivity contribution in [2.75, 3.05) is 4.90 Å². The molecule has 0 bridgehead atoms. The number of para-hydroxylation sites is 1. The third-order valence-electron chi connectivity index (χ3n) is 5.88. The molecule has 0 radical (unpaired) electrons. The first-order valence-electron chi connectivity index (χ1n) is 11.4. The smallest absolute Gasteiger partial charge is 0.274 e. The summed E-state index contributed by atoms with van der Waals surface area (Å²) in [6.45, 7) is 3.97. The van der Waals surface area contributed by atoms with E-state index in [1.807, 2.05) is 61.2 Å². The number of pyridine rings is 2. The number of rotatable bonds is 9. The number of carbonyl (C=O) groups is 1. The Morgan fingerprint density at radius 1 is 0.829 bits per heavy atom. The summed E-state index contributed by atoms with van der Waals surface area (Å²) in [6.07, 6.45) is 3.31. The molecule has 0 amide bonds. The Bertz CT molecular complexity index is 1280. The quantitative estimate of drug-likeness (QED) is 0.171. The van der Waals surface area contributed by atoms with Gasteiger partial charge in [0.2, 0.25) is 0 Å². The molecular weight excluding hydrogens is 440 g/mol. The average Bonchev–Trinajstić information content (AvgIpc) is 2.89. The first kappa shape index (κ1) is 23.8. The highest BCUT2D eigenvalue weighted by Crippen LogP contribution is 2.43. The molecule has 7 nitrogen and oxygen atoms in total. The molecule has 176 valence electrons. The van der Waals surface area contributed by atoms with E-state index in [-0.39, 0.29) is 17.5 Å². The van der Waals surface area contributed by atoms with E-state index >= 15 is 0 Å². The molecule has 0 N–H and O–H groups in total. The van der Waals surface area contributed by atoms with Crippen molar-refractivity contribution in [3.05, 3.63) is 130 Å². The van der Waals surface area contributed by atoms with E-state index in [4.69, 9.17) is 0 Å². The molecule has 2 aromatic heterocycles. The monoisotopic (exact) mass is 466 g/mol. The lowest BCUT2D eigenvalue weighted by Gasteiger charge is -2.40. The number of nitrogens with zero attached hydrogens (tertiary/aromatic N) is 4. The minimum atomic E-state index is -0.830. The Balaban J connectivity index is 2.03. The summed E-state index contributed by atoms with van der Waals surface area (Å²) in [4.78, 5) is 36.9. The van der Waals surface area contributed by atoms with Crippen LogP contribution in [0.15, 0.2) is 103 Å². The largest absolute Gasteiger partial charge is 0.346 e. The van der Waals surface area contributed by atoms with Gasteiger partial charge in [-0.05, 0) is 38.1 Å². The number of hydrogen-bond acceptors (Lipinski definition) is 6. The van der Waals surface area contributed by atoms with Gasteiger partial charge in [0.15, 0.2) is 5.78 Å². The number of carbonyl (C=O) groups excluding carboxylic acids is 1. The molecule has 0 aliphatic carbocycles. The Kier molecular flexibility index (Phi) is 7.26. The fourth-order valence-corrected chi connectivity index (χ4v) is 4.41. The zero-order chi connectivity index (χ0) is 24.8. The molecule has 0 saturated carbocycles. The zero-order valence-electron chi connectivity index (χ0n) is 19.6. The maximum atomic E-state index is 14.1. The normalized spacial score (nSPS) is 12.7. The summed E-state index contributed by atoms with van der Waals surface area (Å²) in [6, 6.07) is 25.6. The molecule has 7 heteroatoms. The van der Waals surface area contributed by atoms with Gasteiger partial charge < -0.3 is 4.90 Å². The van der Waals surface area contributed by atoms with Gasteiger partial charge in [0, 0.05) is 30.1 Å². The number of anilines is 1. The SMILES string of the molecule is CC(C)N(c1ccccn1)[C@@H](c1ccccc1[N+](=O)[O-])[C@H](C(=O)c1ccccc1)c1ccccn1. The van der Waals surface area contributed by atoms with Crippen LogP contribution in [-0.4, -0.2) is 26.7 Å². The van der Waals surface area contributed by atoms with E-state index in [0.717, 1.165) is 0 Å². The van der Waals surface area contributed by atoms with Crippen molar-refractivity contribution < 1.29 is 9.72 Å². The number of ketones is 1. The van der Waals surface area contributed by atoms with Gasteiger partial charge in [-0.15, -0.1) is 0 Å². The molecule has 4 rings (SSSR count). The first-order valence-corrected chi connectivity index (χ1v) is 11.4. The minimum absolute atomic E-state index is 0.0547. The van der Waals surface area contributed by atoms with Crippen LogP contribution in [0.25, 0.3) is 0 Å². The molecule has 4 aromatic rings. The van der Waals surface area contributed by atoms with Crippen molar-refractivity contribution in [2.45, 2.75) is 31.8 Å². The number of nitro groups is 1. The maximum absolute atomic E-state index is 14.1. The van der Waals surface area contributed by atoms with Crippen LogP contribution in [-0.2, 0) is 0 Å². The van der Waals surface area contributed by atoms with Gasteiger partial charge in [-0.3, -0.25) is 19.9 Å². The van der Waals surface area contributed by atoms with Crippen molar-refractivity contribution in [3.8, 4) is 0 Å². The third kappa shape index (κ3) is 5.09. The fourth-order valence-electron chi connectivity index (χ4n) is 4.41. The Morgan fingerprint density at radius 2 is 1.46 bits per heavy atom. The highest BCUT2D eigenvalue weighted by molar-refractivity contribution is 6.01. The molecule has 35 heavy (non-hydrogen) atoms. The second-order valence-corrected chi connectivity index (χ2v) is 8.41. The molecule has 0 spiro atoms. The molecule has 0 aliphatic heterocycles. The van der Waals surface area contributed by atoms with Crippen LogP contribution in [0.3, 0.4) is 0 Å². The molecule has 2 atom stereocenters. The number of aromatic nitrogens is 2. The standard InChI is InChI=1S/C28H26N4O3/c1-20(2)31(25-17-9-11-19-30-25)27(22-14-6-7-16-24(22)32(34)35)26(23-15-8-10-18-29-23)28(33)21-12-4-3-5-13-21/h3-20,26-27H,1-2H3/t26-,27+/m1/s1. The van der Waals surface area contributed by atoms with E-state index < -0.39 is 16.9 Å². The average molecular weight is 467 g/mol. The van der Waals surface area contributed by atoms with E-state index in [2.05, 4.69) is 9.97 Å². The summed E-state index contributed by atoms with van der Waals surface area (Å²) in [5, 5.41) is 12.1. The van der Waals surface area contributed by atoms with Crippen molar-refractivity contribution in [3.63, 3.8) is 0 Å². The Morgan fingerprint density at radius 3 is 2.06 bits per heavy atom. The van der Waals surface area contributed by atoms with E-state index in [1.165, 1.54) is 6.07 Å². The lowest BCUT2D eigenvalue weighted by molar-refractivity contribution is -0.385. The highest BCUT2D eigenvalue weighted by Gasteiger charge is 2.41. The van der Waals surface area contributed by atoms with Crippen LogP contribution in [0.5, 0.6) is 0 Å². The molecular formula is C28H26N4O3. The molecule has 0 aliphatic rings. The van der Waals surface area contributed by atoms with Crippen LogP contribution in [0, 0.1) is 10.1 Å². The summed E-state index contributed by atoms with van der Waals surface area (Å²) >= 11 is 0. The zero-order valence-corrected chi connectivity index (χ0v) is 19.6. The van der Waals surface area contributed by atoms with Crippen LogP contribution in [0.1, 0.15) is 47.4 Å². The molecule has 2 aromatic carbocycles. The summed E-state index contributed by atoms with van der Waals surface area (Å²) in [5.41, 5.74) is 1.42. The topological polar surface area (TPSA) is 89.2 Å². The van der Waals surface area contributed by atoms with Gasteiger partial charge in [0.1, 0.15) is 5.82 Å². The number of Topliss-reactive ketones (excluding diaryl/α,β-unsaturated/α-hetero) is 1. The van der Waals surface area contributed by atoms with Gasteiger partial charge in [0.25, 0.3) is 5.69 Å². The van der Waals surface area contributed by atoms with Crippen molar-refractivity contribution in [1.82, 2.24) is 9.97 Å². The highest BCUT2D eigenvalue weighted by atomic mass is 16.6. The predicted molar refractivity (Wildman–Crippen MR) is 135 cm³/mol. The predicted octanol–water partition coefficient (Wildman–Crippen LogP) is 6.01. The lowest BCUT2D eigenvalue weighted by Crippen LogP contribution is -2.41. The van der Waals surface area contributed by atoms with E-state index in [1.54, 1.807) is 54.9 Å². The maximum Gasteiger partial charge on any atom is 0.274 e. The van der Waals surface area contributed by atoms with Crippen LogP contribution < -0.4 is 4.90 Å². The van der Waals surface area contributed by atoms with Crippen LogP contribution in [0.4, 0.5) is 11.5 Å². The second-order valence-electron chi connectivity index (χ2n) is 8.41. The van der Waals surface area contributed by atoms with Gasteiger partial charge in [-0.25, -0.2) is 4.98 Å². The Labute approximate surface area is 204 Å². The summed E-state index contributed by atoms with van der Waals surface area (Å²) < 4.78 is 0. The number of nitro benzene ring substituents is 1. The molecule has 0 fully saturated rings. The van der Waals surface area contributed by atoms with Crippen LogP contribution in [0.2, 0.25) is 0 Å². The number of hydrogen-bond donors (Lipinski definition) is 0. The third-order valence-corrected chi connectivity index (χ3v) is 5.88. The van der Waals surface area contributed by atoms with Gasteiger partial charge in [0.05, 0.1) is 28.1 Å². The minimum Gasteiger partial charge on any atom is -0.346 e. The van der Waals surface area contributed by atoms with Crippen molar-refractivity contribution >= 4 is 17.3 Å². The first-order chi connectivity index (χ1) is 17.0. The fraction of sp³-hybridized carbons (Fsp3) is 0.179. The summed E-state index contributed by atoms with van der Waals surface area (Å²) in [7, 11) is 0. The van der Waals surface area contributed by atoms with Crippen molar-refractivity contribution in [1.29, 1.82) is 0 Å². The van der Waals surface area contributed by atoms with Crippen LogP contribution >= 0.6 is 0 Å². The van der Waals surface area contributed by atoms with Crippen molar-refractivity contribution in [2.24, 2.45) is 0 Å². The summed E-state index contributed by atoms with van der Waals surface area (Å²) in [5.74, 6) is -0.384. The molecule has 0 saturated heterocycles. The van der Waals surface area contributed by atoms with E-state index in [9.17, 15) is 14.9 Å². The second kappa shape index (κ2) is 10.7.